The van der Waals surface area contributed by atoms with E-state index in [1.54, 1.807) is 23.1 Å². The van der Waals surface area contributed by atoms with Gasteiger partial charge in [0.15, 0.2) is 0 Å². The second-order valence-electron chi connectivity index (χ2n) is 6.94. The number of aromatic nitrogens is 5. The minimum absolute atomic E-state index is 0.195. The Morgan fingerprint density at radius 1 is 1.07 bits per heavy atom. The molecule has 0 saturated heterocycles. The van der Waals surface area contributed by atoms with Crippen LogP contribution in [0.3, 0.4) is 0 Å². The number of likely N-dealkylation sites (N-methyl/N-ethyl adjacent to an activating group) is 1. The predicted octanol–water partition coefficient (Wildman–Crippen LogP) is 3.21. The van der Waals surface area contributed by atoms with E-state index in [9.17, 15) is 4.79 Å². The van der Waals surface area contributed by atoms with E-state index in [4.69, 9.17) is 0 Å². The molecular weight excluding hydrogens is 378 g/mol. The molecule has 1 amide bonds. The fourth-order valence-corrected chi connectivity index (χ4v) is 3.46. The Morgan fingerprint density at radius 2 is 1.83 bits per heavy atom. The first-order chi connectivity index (χ1) is 14.7. The topological polar surface area (TPSA) is 80.9 Å². The number of carbonyl (C=O) groups excluding carboxylic acids is 1. The number of hydrogen-bond acceptors (Lipinski definition) is 5. The highest BCUT2D eigenvalue weighted by molar-refractivity contribution is 6.04. The number of rotatable bonds is 8. The zero-order valence-corrected chi connectivity index (χ0v) is 17.2. The first kappa shape index (κ1) is 19.8. The molecule has 0 atom stereocenters. The Kier molecular flexibility index (Phi) is 5.85. The van der Waals surface area contributed by atoms with Gasteiger partial charge in [-0.05, 0) is 49.5 Å². The lowest BCUT2D eigenvalue weighted by Gasteiger charge is -2.19. The van der Waals surface area contributed by atoms with Gasteiger partial charge < -0.3 is 9.47 Å². The van der Waals surface area contributed by atoms with Crippen molar-refractivity contribution in [2.75, 3.05) is 25.0 Å². The molecule has 0 unspecified atom stereocenters. The minimum Gasteiger partial charge on any atom is -0.309 e. The molecule has 30 heavy (non-hydrogen) atoms. The summed E-state index contributed by atoms with van der Waals surface area (Å²) in [5.74, 6) is 0.369. The minimum atomic E-state index is -0.195. The first-order valence-electron chi connectivity index (χ1n) is 10.1. The summed E-state index contributed by atoms with van der Waals surface area (Å²) in [6, 6.07) is 15.2. The maximum atomic E-state index is 12.9. The van der Waals surface area contributed by atoms with E-state index in [1.807, 2.05) is 36.4 Å². The molecule has 0 aliphatic carbocycles. The molecular formula is C22H25N7O. The molecule has 2 heterocycles. The van der Waals surface area contributed by atoms with E-state index < -0.39 is 0 Å². The van der Waals surface area contributed by atoms with Crippen molar-refractivity contribution >= 4 is 22.9 Å². The van der Waals surface area contributed by atoms with Crippen LogP contribution in [0.25, 0.3) is 16.7 Å². The lowest BCUT2D eigenvalue weighted by molar-refractivity contribution is 0.102. The van der Waals surface area contributed by atoms with E-state index in [1.165, 1.54) is 6.33 Å². The van der Waals surface area contributed by atoms with Gasteiger partial charge in [-0.25, -0.2) is 14.6 Å². The van der Waals surface area contributed by atoms with E-state index in [-0.39, 0.29) is 5.91 Å². The highest BCUT2D eigenvalue weighted by atomic mass is 16.1. The fraction of sp³-hybridized carbons (Fsp3) is 0.273. The van der Waals surface area contributed by atoms with Crippen LogP contribution in [-0.4, -0.2) is 54.8 Å². The number of fused-ring (bicyclic) bond motifs is 1. The van der Waals surface area contributed by atoms with Gasteiger partial charge in [0.2, 0.25) is 5.95 Å². The van der Waals surface area contributed by atoms with Crippen LogP contribution in [0.4, 0.5) is 5.95 Å². The van der Waals surface area contributed by atoms with Crippen LogP contribution in [0, 0.1) is 0 Å². The third-order valence-electron chi connectivity index (χ3n) is 5.23. The third kappa shape index (κ3) is 4.08. The highest BCUT2D eigenvalue weighted by Gasteiger charge is 2.15. The molecule has 0 fully saturated rings. The largest absolute Gasteiger partial charge is 0.309 e. The molecule has 8 nitrogen and oxygen atoms in total. The van der Waals surface area contributed by atoms with Crippen molar-refractivity contribution in [2.45, 2.75) is 20.4 Å². The predicted molar refractivity (Wildman–Crippen MR) is 117 cm³/mol. The standard InChI is InChI=1S/C22H25N7O/c1-3-27(4-2)13-14-28-20-8-6-5-7-19(20)25-22(28)26-21(30)17-9-11-18(12-10-17)29-16-23-15-24-29/h5-12,15-16H,3-4,13-14H2,1-2H3,(H,25,26,30). The summed E-state index contributed by atoms with van der Waals surface area (Å²) in [7, 11) is 0. The summed E-state index contributed by atoms with van der Waals surface area (Å²) in [6.07, 6.45) is 3.09. The van der Waals surface area contributed by atoms with E-state index >= 15 is 0 Å². The van der Waals surface area contributed by atoms with Gasteiger partial charge in [0.05, 0.1) is 16.7 Å². The van der Waals surface area contributed by atoms with Crippen LogP contribution in [0.1, 0.15) is 24.2 Å². The van der Waals surface area contributed by atoms with Gasteiger partial charge in [0.1, 0.15) is 12.7 Å². The van der Waals surface area contributed by atoms with Crippen molar-refractivity contribution in [3.05, 3.63) is 66.7 Å². The quantitative estimate of drug-likeness (QED) is 0.489. The Hall–Kier alpha value is -3.52. The Morgan fingerprint density at radius 3 is 2.53 bits per heavy atom. The molecule has 2 aromatic heterocycles. The Balaban J connectivity index is 1.56. The molecule has 8 heteroatoms. The molecule has 1 N–H and O–H groups in total. The third-order valence-corrected chi connectivity index (χ3v) is 5.23. The monoisotopic (exact) mass is 403 g/mol. The number of nitrogens with zero attached hydrogens (tertiary/aromatic N) is 6. The zero-order chi connectivity index (χ0) is 20.9. The number of anilines is 1. The molecule has 4 aromatic rings. The highest BCUT2D eigenvalue weighted by Crippen LogP contribution is 2.20. The lowest BCUT2D eigenvalue weighted by atomic mass is 10.2. The summed E-state index contributed by atoms with van der Waals surface area (Å²) in [6.45, 7) is 7.93. The molecule has 0 spiro atoms. The van der Waals surface area contributed by atoms with Crippen LogP contribution in [0.5, 0.6) is 0 Å². The molecule has 0 aliphatic rings. The van der Waals surface area contributed by atoms with Gasteiger partial charge in [-0.3, -0.25) is 10.1 Å². The van der Waals surface area contributed by atoms with Crippen LogP contribution < -0.4 is 5.32 Å². The van der Waals surface area contributed by atoms with Crippen LogP contribution in [0.2, 0.25) is 0 Å². The Bertz CT molecular complexity index is 1110. The number of carbonyl (C=O) groups is 1. The van der Waals surface area contributed by atoms with E-state index in [0.717, 1.165) is 42.9 Å². The SMILES string of the molecule is CCN(CC)CCn1c(NC(=O)c2ccc(-n3cncn3)cc2)nc2ccccc21. The average molecular weight is 403 g/mol. The number of para-hydroxylation sites is 2. The second-order valence-corrected chi connectivity index (χ2v) is 6.94. The maximum absolute atomic E-state index is 12.9. The summed E-state index contributed by atoms with van der Waals surface area (Å²) < 4.78 is 3.73. The zero-order valence-electron chi connectivity index (χ0n) is 17.2. The maximum Gasteiger partial charge on any atom is 0.257 e. The number of benzene rings is 2. The van der Waals surface area contributed by atoms with Gasteiger partial charge in [-0.1, -0.05) is 26.0 Å². The molecule has 0 saturated carbocycles. The summed E-state index contributed by atoms with van der Waals surface area (Å²) in [5.41, 5.74) is 3.28. The average Bonchev–Trinajstić information content (AvgIpc) is 3.43. The Labute approximate surface area is 175 Å². The van der Waals surface area contributed by atoms with E-state index in [0.29, 0.717) is 11.5 Å². The van der Waals surface area contributed by atoms with Crippen LogP contribution >= 0.6 is 0 Å². The van der Waals surface area contributed by atoms with Gasteiger partial charge in [0.25, 0.3) is 5.91 Å². The van der Waals surface area contributed by atoms with Crippen molar-refractivity contribution in [1.82, 2.24) is 29.2 Å². The number of nitrogens with one attached hydrogen (secondary N) is 1. The normalized spacial score (nSPS) is 11.3. The summed E-state index contributed by atoms with van der Waals surface area (Å²) in [5, 5.41) is 7.09. The molecule has 154 valence electrons. The van der Waals surface area contributed by atoms with Gasteiger partial charge in [-0.2, -0.15) is 5.10 Å². The first-order valence-corrected chi connectivity index (χ1v) is 10.1. The second kappa shape index (κ2) is 8.87. The van der Waals surface area contributed by atoms with Gasteiger partial charge in [0, 0.05) is 18.7 Å². The van der Waals surface area contributed by atoms with Crippen LogP contribution in [0.15, 0.2) is 61.2 Å². The molecule has 0 aliphatic heterocycles. The van der Waals surface area contributed by atoms with Crippen molar-refractivity contribution in [3.63, 3.8) is 0 Å². The van der Waals surface area contributed by atoms with Crippen LogP contribution in [-0.2, 0) is 6.54 Å². The summed E-state index contributed by atoms with van der Waals surface area (Å²) >= 11 is 0. The van der Waals surface area contributed by atoms with E-state index in [2.05, 4.69) is 43.7 Å². The number of hydrogen-bond donors (Lipinski definition) is 1. The number of amides is 1. The molecule has 0 bridgehead atoms. The molecule has 0 radical (unpaired) electrons. The van der Waals surface area contributed by atoms with Crippen molar-refractivity contribution in [2.24, 2.45) is 0 Å². The van der Waals surface area contributed by atoms with Crippen molar-refractivity contribution in [3.8, 4) is 5.69 Å². The smallest absolute Gasteiger partial charge is 0.257 e. The van der Waals surface area contributed by atoms with Gasteiger partial charge >= 0.3 is 0 Å². The molecule has 2 aromatic carbocycles. The molecule has 4 rings (SSSR count). The fourth-order valence-electron chi connectivity index (χ4n) is 3.46. The van der Waals surface area contributed by atoms with Gasteiger partial charge in [-0.15, -0.1) is 0 Å². The number of imidazole rings is 1. The van der Waals surface area contributed by atoms with Crippen molar-refractivity contribution in [1.29, 1.82) is 0 Å². The lowest BCUT2D eigenvalue weighted by Crippen LogP contribution is -2.27. The van der Waals surface area contributed by atoms with Crippen molar-refractivity contribution < 1.29 is 4.79 Å². The summed E-state index contributed by atoms with van der Waals surface area (Å²) in [4.78, 5) is 23.8.